The molecule has 0 aliphatic heterocycles. The van der Waals surface area contributed by atoms with Gasteiger partial charge in [-0.25, -0.2) is 4.39 Å². The lowest BCUT2D eigenvalue weighted by molar-refractivity contribution is 0.0984. The molecular formula is C12H16FNO. The number of aryl methyl sites for hydroxylation is 1. The molecule has 1 unspecified atom stereocenters. The largest absolute Gasteiger partial charge is 0.330 e. The number of hydrogen-bond acceptors (Lipinski definition) is 2. The summed E-state index contributed by atoms with van der Waals surface area (Å²) in [4.78, 5) is 11.6. The first kappa shape index (κ1) is 11.9. The van der Waals surface area contributed by atoms with Crippen molar-refractivity contribution in [2.24, 2.45) is 5.73 Å². The summed E-state index contributed by atoms with van der Waals surface area (Å²) in [7, 11) is 0. The van der Waals surface area contributed by atoms with Crippen LogP contribution in [0.3, 0.4) is 0 Å². The summed E-state index contributed by atoms with van der Waals surface area (Å²) in [6.07, 6.45) is -0.736. The molecule has 15 heavy (non-hydrogen) atoms. The third-order valence-corrected chi connectivity index (χ3v) is 2.39. The Morgan fingerprint density at radius 3 is 2.73 bits per heavy atom. The van der Waals surface area contributed by atoms with E-state index in [0.29, 0.717) is 24.1 Å². The highest BCUT2D eigenvalue weighted by Crippen LogP contribution is 2.20. The highest BCUT2D eigenvalue weighted by Gasteiger charge is 2.11. The van der Waals surface area contributed by atoms with Crippen LogP contribution in [-0.2, 0) is 0 Å². The van der Waals surface area contributed by atoms with Crippen LogP contribution in [0.1, 0.15) is 41.0 Å². The van der Waals surface area contributed by atoms with Crippen LogP contribution >= 0.6 is 0 Å². The Balaban J connectivity index is 3.05. The van der Waals surface area contributed by atoms with Gasteiger partial charge in [-0.15, -0.1) is 0 Å². The van der Waals surface area contributed by atoms with E-state index in [1.54, 1.807) is 18.2 Å². The summed E-state index contributed by atoms with van der Waals surface area (Å²) in [5, 5.41) is 0. The first-order chi connectivity index (χ1) is 7.06. The lowest BCUT2D eigenvalue weighted by atomic mass is 9.98. The number of alkyl halides is 1. The lowest BCUT2D eigenvalue weighted by Crippen LogP contribution is -2.10. The number of ketones is 1. The maximum Gasteiger partial charge on any atom is 0.164 e. The predicted molar refractivity (Wildman–Crippen MR) is 58.7 cm³/mol. The number of nitrogens with two attached hydrogens (primary N) is 1. The number of carbonyl (C=O) groups excluding carboxylic acids is 1. The van der Waals surface area contributed by atoms with Gasteiger partial charge in [0, 0.05) is 12.0 Å². The van der Waals surface area contributed by atoms with Crippen molar-refractivity contribution < 1.29 is 9.18 Å². The molecule has 2 N–H and O–H groups in total. The fourth-order valence-electron chi connectivity index (χ4n) is 1.45. The van der Waals surface area contributed by atoms with E-state index in [4.69, 9.17) is 5.73 Å². The lowest BCUT2D eigenvalue weighted by Gasteiger charge is -2.08. The van der Waals surface area contributed by atoms with Crippen molar-refractivity contribution >= 4 is 5.78 Å². The molecule has 1 atom stereocenters. The average Bonchev–Trinajstić information content (AvgIpc) is 2.18. The van der Waals surface area contributed by atoms with Gasteiger partial charge in [0.2, 0.25) is 0 Å². The monoisotopic (exact) mass is 209 g/mol. The smallest absolute Gasteiger partial charge is 0.164 e. The van der Waals surface area contributed by atoms with Crippen LogP contribution in [0.2, 0.25) is 0 Å². The number of hydrogen-bond donors (Lipinski definition) is 1. The van der Waals surface area contributed by atoms with Gasteiger partial charge in [-0.1, -0.05) is 12.1 Å². The van der Waals surface area contributed by atoms with Crippen molar-refractivity contribution in [3.8, 4) is 0 Å². The zero-order valence-electron chi connectivity index (χ0n) is 9.09. The summed E-state index contributed by atoms with van der Waals surface area (Å²) < 4.78 is 13.1. The molecule has 0 radical (unpaired) electrons. The minimum Gasteiger partial charge on any atom is -0.330 e. The molecule has 2 nitrogen and oxygen atoms in total. The van der Waals surface area contributed by atoms with Crippen LogP contribution in [0.25, 0.3) is 0 Å². The Kier molecular flexibility index (Phi) is 3.97. The molecule has 0 aromatic heterocycles. The summed E-state index contributed by atoms with van der Waals surface area (Å²) >= 11 is 0. The Morgan fingerprint density at radius 2 is 2.20 bits per heavy atom. The van der Waals surface area contributed by atoms with Gasteiger partial charge in [0.05, 0.1) is 0 Å². The molecule has 0 aliphatic rings. The highest BCUT2D eigenvalue weighted by molar-refractivity contribution is 5.97. The second kappa shape index (κ2) is 5.03. The molecule has 0 amide bonds. The number of rotatable bonds is 4. The van der Waals surface area contributed by atoms with Crippen molar-refractivity contribution in [3.05, 3.63) is 34.9 Å². The first-order valence-electron chi connectivity index (χ1n) is 5.04. The highest BCUT2D eigenvalue weighted by atomic mass is 19.1. The van der Waals surface area contributed by atoms with E-state index in [2.05, 4.69) is 0 Å². The molecular weight excluding hydrogens is 193 g/mol. The van der Waals surface area contributed by atoms with Crippen molar-refractivity contribution in [3.63, 3.8) is 0 Å². The van der Waals surface area contributed by atoms with Crippen LogP contribution in [0, 0.1) is 6.92 Å². The number of benzene rings is 1. The molecule has 0 aliphatic carbocycles. The second-order valence-electron chi connectivity index (χ2n) is 3.65. The van der Waals surface area contributed by atoms with Gasteiger partial charge in [0.15, 0.2) is 5.78 Å². The van der Waals surface area contributed by atoms with E-state index in [-0.39, 0.29) is 5.78 Å². The summed E-state index contributed by atoms with van der Waals surface area (Å²) in [6, 6.07) is 5.10. The number of carbonyl (C=O) groups is 1. The quantitative estimate of drug-likeness (QED) is 0.774. The van der Waals surface area contributed by atoms with Crippen LogP contribution in [0.15, 0.2) is 18.2 Å². The SMILES string of the molecule is Cc1ccc(C(C)F)cc1C(=O)CCN. The van der Waals surface area contributed by atoms with Gasteiger partial charge >= 0.3 is 0 Å². The van der Waals surface area contributed by atoms with E-state index in [1.165, 1.54) is 6.92 Å². The van der Waals surface area contributed by atoms with Crippen molar-refractivity contribution in [1.29, 1.82) is 0 Å². The zero-order valence-corrected chi connectivity index (χ0v) is 9.09. The first-order valence-corrected chi connectivity index (χ1v) is 5.04. The zero-order chi connectivity index (χ0) is 11.4. The normalized spacial score (nSPS) is 12.5. The molecule has 3 heteroatoms. The Morgan fingerprint density at radius 1 is 1.53 bits per heavy atom. The topological polar surface area (TPSA) is 43.1 Å². The Labute approximate surface area is 89.3 Å². The summed E-state index contributed by atoms with van der Waals surface area (Å²) in [5.74, 6) is -0.0162. The molecule has 0 saturated heterocycles. The van der Waals surface area contributed by atoms with Crippen molar-refractivity contribution in [2.45, 2.75) is 26.4 Å². The second-order valence-corrected chi connectivity index (χ2v) is 3.65. The van der Waals surface area contributed by atoms with Crippen LogP contribution < -0.4 is 5.73 Å². The maximum absolute atomic E-state index is 13.1. The Bertz CT molecular complexity index is 361. The fourth-order valence-corrected chi connectivity index (χ4v) is 1.45. The van der Waals surface area contributed by atoms with E-state index in [0.717, 1.165) is 5.56 Å². The molecule has 0 fully saturated rings. The van der Waals surface area contributed by atoms with Crippen molar-refractivity contribution in [2.75, 3.05) is 6.54 Å². The molecule has 1 aromatic rings. The fraction of sp³-hybridized carbons (Fsp3) is 0.417. The molecule has 0 bridgehead atoms. The van der Waals surface area contributed by atoms with Gasteiger partial charge in [-0.3, -0.25) is 4.79 Å². The molecule has 0 heterocycles. The molecule has 1 rings (SSSR count). The van der Waals surface area contributed by atoms with E-state index in [9.17, 15) is 9.18 Å². The van der Waals surface area contributed by atoms with E-state index >= 15 is 0 Å². The standard InChI is InChI=1S/C12H16FNO/c1-8-3-4-10(9(2)13)7-11(8)12(15)5-6-14/h3-4,7,9H,5-6,14H2,1-2H3. The summed E-state index contributed by atoms with van der Waals surface area (Å²) in [6.45, 7) is 3.63. The van der Waals surface area contributed by atoms with Gasteiger partial charge in [0.1, 0.15) is 6.17 Å². The minimum atomic E-state index is -1.05. The maximum atomic E-state index is 13.1. The summed E-state index contributed by atoms with van der Waals surface area (Å²) in [5.41, 5.74) is 7.32. The van der Waals surface area contributed by atoms with Crippen LogP contribution in [-0.4, -0.2) is 12.3 Å². The molecule has 0 spiro atoms. The van der Waals surface area contributed by atoms with Gasteiger partial charge in [-0.2, -0.15) is 0 Å². The van der Waals surface area contributed by atoms with Crippen molar-refractivity contribution in [1.82, 2.24) is 0 Å². The molecule has 82 valence electrons. The van der Waals surface area contributed by atoms with Gasteiger partial charge in [-0.05, 0) is 37.6 Å². The molecule has 1 aromatic carbocycles. The number of Topliss-reactive ketones (excluding diaryl/α,β-unsaturated/α-hetero) is 1. The van der Waals surface area contributed by atoms with Gasteiger partial charge < -0.3 is 5.73 Å². The Hall–Kier alpha value is -1.22. The average molecular weight is 209 g/mol. The third kappa shape index (κ3) is 2.86. The minimum absolute atomic E-state index is 0.0162. The van der Waals surface area contributed by atoms with E-state index < -0.39 is 6.17 Å². The van der Waals surface area contributed by atoms with Crippen LogP contribution in [0.5, 0.6) is 0 Å². The molecule has 0 saturated carbocycles. The predicted octanol–water partition coefficient (Wildman–Crippen LogP) is 2.56. The van der Waals surface area contributed by atoms with E-state index in [1.807, 2.05) is 6.92 Å². The van der Waals surface area contributed by atoms with Gasteiger partial charge in [0.25, 0.3) is 0 Å². The number of halogens is 1. The third-order valence-electron chi connectivity index (χ3n) is 2.39. The van der Waals surface area contributed by atoms with Crippen LogP contribution in [0.4, 0.5) is 4.39 Å².